The zero-order valence-electron chi connectivity index (χ0n) is 34.4. The van der Waals surface area contributed by atoms with E-state index in [0.29, 0.717) is 22.9 Å². The molecule has 2 aliphatic rings. The number of carboxylic acids is 2. The quantitative estimate of drug-likeness (QED) is 0.108. The van der Waals surface area contributed by atoms with Crippen LogP contribution in [0.25, 0.3) is 34.4 Å². The molecule has 6 rings (SSSR count). The average Bonchev–Trinajstić information content (AvgIpc) is 3.25. The number of carbonyl (C=O) groups excluding carboxylic acids is 2. The van der Waals surface area contributed by atoms with E-state index in [-0.39, 0.29) is 95.7 Å². The molecule has 4 aromatic rings. The van der Waals surface area contributed by atoms with Gasteiger partial charge in [0.2, 0.25) is 11.8 Å². The summed E-state index contributed by atoms with van der Waals surface area (Å²) >= 11 is 0.508. The second-order valence-corrected chi connectivity index (χ2v) is 17.1. The van der Waals surface area contributed by atoms with Gasteiger partial charge in [-0.25, -0.2) is 17.6 Å². The summed E-state index contributed by atoms with van der Waals surface area (Å²) < 4.78 is 65.8. The summed E-state index contributed by atoms with van der Waals surface area (Å²) in [6.07, 6.45) is 5.73. The Morgan fingerprint density at radius 1 is 0.574 bits per heavy atom. The van der Waals surface area contributed by atoms with Crippen molar-refractivity contribution in [2.24, 2.45) is 11.8 Å². The highest BCUT2D eigenvalue weighted by molar-refractivity contribution is 7.99. The maximum Gasteiger partial charge on any atom is 0.306 e. The van der Waals surface area contributed by atoms with Crippen LogP contribution in [-0.2, 0) is 19.2 Å². The monoisotopic (exact) mass is 856 g/mol. The highest BCUT2D eigenvalue weighted by atomic mass is 32.2. The average molecular weight is 857 g/mol. The lowest BCUT2D eigenvalue weighted by atomic mass is 9.89. The molecule has 61 heavy (non-hydrogen) atoms. The number of hydrogen-bond donors (Lipinski definition) is 2. The second kappa shape index (κ2) is 19.4. The van der Waals surface area contributed by atoms with Crippen LogP contribution in [0.3, 0.4) is 0 Å². The molecule has 0 aromatic heterocycles. The zero-order chi connectivity index (χ0) is 44.1. The van der Waals surface area contributed by atoms with Crippen molar-refractivity contribution in [2.75, 3.05) is 26.2 Å². The van der Waals surface area contributed by atoms with Crippen molar-refractivity contribution in [3.05, 3.63) is 118 Å². The predicted octanol–water partition coefficient (Wildman–Crippen LogP) is 10.6. The van der Waals surface area contributed by atoms with Gasteiger partial charge in [0.05, 0.1) is 21.6 Å². The molecule has 320 valence electrons. The van der Waals surface area contributed by atoms with E-state index in [2.05, 4.69) is 0 Å². The van der Waals surface area contributed by atoms with Crippen LogP contribution in [-0.4, -0.2) is 69.9 Å². The van der Waals surface area contributed by atoms with Crippen LogP contribution >= 0.6 is 11.8 Å². The standard InChI is InChI=1S/C48H48F4N2O6S/c1-27(2)31-9-5-7-11-33(31)37-25-39(45(51)43(49)35(37)13-15-41(55)53-21-17-29(18-22-53)47(57)58)61-40-26-38(34-12-8-6-10-32(34)28(3)4)36(44(50)46(40)52)14-16-42(56)54-23-19-30(20-24-54)48(59)60/h5-16,25-30H,17-24H2,1-4H3,(H,57,58)(H,59,60)/b15-13+,16-14+. The molecule has 0 bridgehead atoms. The third-order valence-corrected chi connectivity index (χ3v) is 12.5. The van der Waals surface area contributed by atoms with Crippen molar-refractivity contribution in [2.45, 2.75) is 75.0 Å². The molecule has 2 fully saturated rings. The van der Waals surface area contributed by atoms with Gasteiger partial charge in [0.25, 0.3) is 0 Å². The number of rotatable bonds is 12. The van der Waals surface area contributed by atoms with Crippen LogP contribution in [0.4, 0.5) is 17.6 Å². The van der Waals surface area contributed by atoms with Gasteiger partial charge in [-0.3, -0.25) is 19.2 Å². The number of benzene rings is 4. The van der Waals surface area contributed by atoms with Gasteiger partial charge < -0.3 is 20.0 Å². The summed E-state index contributed by atoms with van der Waals surface area (Å²) in [5.74, 6) is -9.38. The minimum Gasteiger partial charge on any atom is -0.481 e. The topological polar surface area (TPSA) is 115 Å². The summed E-state index contributed by atoms with van der Waals surface area (Å²) in [5.41, 5.74) is 2.67. The minimum atomic E-state index is -1.34. The Morgan fingerprint density at radius 3 is 1.25 bits per heavy atom. The van der Waals surface area contributed by atoms with Gasteiger partial charge in [0.1, 0.15) is 0 Å². The van der Waals surface area contributed by atoms with E-state index < -0.39 is 58.9 Å². The molecule has 0 aliphatic carbocycles. The first-order valence-electron chi connectivity index (χ1n) is 20.4. The molecular formula is C48H48F4N2O6S. The number of aliphatic carboxylic acids is 2. The minimum absolute atomic E-state index is 0.0615. The Balaban J connectivity index is 1.43. The van der Waals surface area contributed by atoms with Crippen molar-refractivity contribution in [3.8, 4) is 22.3 Å². The fourth-order valence-corrected chi connectivity index (χ4v) is 8.93. The van der Waals surface area contributed by atoms with E-state index >= 15 is 17.6 Å². The first-order valence-corrected chi connectivity index (χ1v) is 21.2. The number of carbonyl (C=O) groups is 4. The lowest BCUT2D eigenvalue weighted by molar-refractivity contribution is -0.145. The van der Waals surface area contributed by atoms with Crippen molar-refractivity contribution >= 4 is 47.7 Å². The number of likely N-dealkylation sites (tertiary alicyclic amines) is 2. The summed E-state index contributed by atoms with van der Waals surface area (Å²) in [6.45, 7) is 8.53. The van der Waals surface area contributed by atoms with E-state index in [4.69, 9.17) is 0 Å². The molecule has 2 N–H and O–H groups in total. The van der Waals surface area contributed by atoms with Gasteiger partial charge in [-0.1, -0.05) is 88.0 Å². The van der Waals surface area contributed by atoms with Crippen molar-refractivity contribution in [1.82, 2.24) is 9.80 Å². The molecule has 2 saturated heterocycles. The Hall–Kier alpha value is -5.69. The second-order valence-electron chi connectivity index (χ2n) is 16.1. The third-order valence-electron chi connectivity index (χ3n) is 11.5. The molecule has 13 heteroatoms. The Kier molecular flexibility index (Phi) is 14.2. The molecule has 0 unspecified atom stereocenters. The molecule has 0 radical (unpaired) electrons. The third kappa shape index (κ3) is 9.93. The number of amides is 2. The summed E-state index contributed by atoms with van der Waals surface area (Å²) in [4.78, 5) is 51.6. The summed E-state index contributed by atoms with van der Waals surface area (Å²) in [5, 5.41) is 18.7. The molecule has 2 aliphatic heterocycles. The van der Waals surface area contributed by atoms with E-state index in [1.807, 2.05) is 52.0 Å². The number of halogens is 4. The number of carboxylic acid groups (broad SMARTS) is 2. The Morgan fingerprint density at radius 2 is 0.918 bits per heavy atom. The summed E-state index contributed by atoms with van der Waals surface area (Å²) in [6, 6.07) is 17.0. The van der Waals surface area contributed by atoms with Gasteiger partial charge in [-0.05, 0) is 95.2 Å². The molecule has 8 nitrogen and oxygen atoms in total. The first-order chi connectivity index (χ1) is 29.1. The lowest BCUT2D eigenvalue weighted by Crippen LogP contribution is -2.39. The molecule has 0 atom stereocenters. The lowest BCUT2D eigenvalue weighted by Gasteiger charge is -2.29. The molecule has 4 aromatic carbocycles. The van der Waals surface area contributed by atoms with Crippen molar-refractivity contribution in [1.29, 1.82) is 0 Å². The predicted molar refractivity (Wildman–Crippen MR) is 228 cm³/mol. The molecule has 2 amide bonds. The van der Waals surface area contributed by atoms with Crippen LogP contribution in [0, 0.1) is 35.1 Å². The van der Waals surface area contributed by atoms with Crippen molar-refractivity contribution < 1.29 is 47.0 Å². The van der Waals surface area contributed by atoms with Gasteiger partial charge in [0.15, 0.2) is 23.3 Å². The van der Waals surface area contributed by atoms with E-state index in [0.717, 1.165) is 23.3 Å². The number of hydrogen-bond acceptors (Lipinski definition) is 5. The van der Waals surface area contributed by atoms with E-state index in [1.165, 1.54) is 34.1 Å². The number of piperidine rings is 2. The van der Waals surface area contributed by atoms with Gasteiger partial charge >= 0.3 is 11.9 Å². The molecule has 0 saturated carbocycles. The smallest absolute Gasteiger partial charge is 0.306 e. The SMILES string of the molecule is CC(C)c1ccccc1-c1cc(Sc2cc(-c3ccccc3C(C)C)c(/C=C/C(=O)N3CCC(C(=O)O)CC3)c(F)c2F)c(F)c(F)c1/C=C/C(=O)N1CCC(C(=O)O)CC1. The maximum atomic E-state index is 16.5. The van der Waals surface area contributed by atoms with Crippen LogP contribution in [0.5, 0.6) is 0 Å². The van der Waals surface area contributed by atoms with Crippen LogP contribution in [0.2, 0.25) is 0 Å². The fourth-order valence-electron chi connectivity index (χ4n) is 7.98. The van der Waals surface area contributed by atoms with Crippen molar-refractivity contribution in [3.63, 3.8) is 0 Å². The Labute approximate surface area is 357 Å². The van der Waals surface area contributed by atoms with Gasteiger partial charge in [0, 0.05) is 49.5 Å². The Bertz CT molecular complexity index is 2230. The highest BCUT2D eigenvalue weighted by Gasteiger charge is 2.29. The fraction of sp³-hybridized carbons (Fsp3) is 0.333. The van der Waals surface area contributed by atoms with Crippen LogP contribution in [0.15, 0.2) is 82.6 Å². The number of nitrogens with zero attached hydrogens (tertiary/aromatic N) is 2. The maximum absolute atomic E-state index is 16.5. The first kappa shape index (κ1) is 44.9. The van der Waals surface area contributed by atoms with E-state index in [1.54, 1.807) is 24.3 Å². The van der Waals surface area contributed by atoms with Gasteiger partial charge in [-0.2, -0.15) is 0 Å². The van der Waals surface area contributed by atoms with E-state index in [9.17, 15) is 29.4 Å². The van der Waals surface area contributed by atoms with Crippen LogP contribution in [0.1, 0.15) is 87.5 Å². The largest absolute Gasteiger partial charge is 0.481 e. The molecular weight excluding hydrogens is 809 g/mol. The van der Waals surface area contributed by atoms with Crippen LogP contribution < -0.4 is 0 Å². The highest BCUT2D eigenvalue weighted by Crippen LogP contribution is 2.44. The molecule has 0 spiro atoms. The summed E-state index contributed by atoms with van der Waals surface area (Å²) in [7, 11) is 0. The normalized spacial score (nSPS) is 15.4. The van der Waals surface area contributed by atoms with Gasteiger partial charge in [-0.15, -0.1) is 0 Å². The zero-order valence-corrected chi connectivity index (χ0v) is 35.2. The molecule has 2 heterocycles.